The largest absolute Gasteiger partial charge is 0.458 e. The molecule has 2 heterocycles. The maximum absolute atomic E-state index is 12.6. The number of fused-ring (bicyclic) bond motifs is 1. The molecule has 7 heteroatoms. The average Bonchev–Trinajstić information content (AvgIpc) is 3.18. The van der Waals surface area contributed by atoms with Crippen molar-refractivity contribution in [2.24, 2.45) is 22.7 Å². The number of rotatable bonds is 6. The molecule has 1 aromatic rings. The summed E-state index contributed by atoms with van der Waals surface area (Å²) in [6.45, 7) is 13.0. The van der Waals surface area contributed by atoms with E-state index in [0.29, 0.717) is 23.8 Å². The number of nitrogens with zero attached hydrogens (tertiary/aromatic N) is 2. The van der Waals surface area contributed by atoms with Crippen molar-refractivity contribution in [3.8, 4) is 0 Å². The van der Waals surface area contributed by atoms with Crippen LogP contribution in [-0.4, -0.2) is 50.7 Å². The van der Waals surface area contributed by atoms with E-state index in [1.54, 1.807) is 0 Å². The second-order valence-corrected chi connectivity index (χ2v) is 11.7. The van der Waals surface area contributed by atoms with Crippen molar-refractivity contribution in [2.75, 3.05) is 13.2 Å². The Labute approximate surface area is 200 Å². The Kier molecular flexibility index (Phi) is 6.78. The van der Waals surface area contributed by atoms with Gasteiger partial charge in [0, 0.05) is 22.1 Å². The monoisotopic (exact) mass is 472 g/mol. The molecular formula is C26H36N2O4S. The number of ether oxygens (including phenoxy) is 1. The fourth-order valence-corrected chi connectivity index (χ4v) is 7.85. The third-order valence-electron chi connectivity index (χ3n) is 8.45. The zero-order chi connectivity index (χ0) is 24.0. The molecule has 180 valence electrons. The molecule has 1 aromatic heterocycles. The normalized spacial score (nSPS) is 35.1. The predicted molar refractivity (Wildman–Crippen MR) is 129 cm³/mol. The van der Waals surface area contributed by atoms with Crippen LogP contribution in [0, 0.1) is 36.5 Å². The molecule has 1 aliphatic heterocycles. The predicted octanol–water partition coefficient (Wildman–Crippen LogP) is 4.17. The van der Waals surface area contributed by atoms with Crippen LogP contribution in [0.5, 0.6) is 0 Å². The van der Waals surface area contributed by atoms with Crippen molar-refractivity contribution in [1.29, 1.82) is 0 Å². The van der Waals surface area contributed by atoms with Crippen molar-refractivity contribution in [3.05, 3.63) is 41.3 Å². The first-order valence-corrected chi connectivity index (χ1v) is 12.8. The minimum atomic E-state index is -0.531. The molecule has 0 radical (unpaired) electrons. The van der Waals surface area contributed by atoms with Crippen molar-refractivity contribution < 1.29 is 19.7 Å². The third-order valence-corrected chi connectivity index (χ3v) is 9.58. The van der Waals surface area contributed by atoms with Gasteiger partial charge in [0.05, 0.1) is 18.3 Å². The highest BCUT2D eigenvalue weighted by atomic mass is 32.2. The van der Waals surface area contributed by atoms with Crippen LogP contribution < -0.4 is 0 Å². The summed E-state index contributed by atoms with van der Waals surface area (Å²) < 4.78 is 5.27. The molecule has 2 aliphatic carbocycles. The van der Waals surface area contributed by atoms with Crippen LogP contribution in [0.2, 0.25) is 0 Å². The smallest absolute Gasteiger partial charge is 0.335 e. The Balaban J connectivity index is 1.68. The summed E-state index contributed by atoms with van der Waals surface area (Å²) >= 11 is 1.53. The maximum Gasteiger partial charge on any atom is 0.335 e. The highest BCUT2D eigenvalue weighted by Crippen LogP contribution is 2.62. The molecule has 4 rings (SSSR count). The van der Waals surface area contributed by atoms with E-state index in [1.165, 1.54) is 17.3 Å². The summed E-state index contributed by atoms with van der Waals surface area (Å²) in [5, 5.41) is 21.6. The van der Waals surface area contributed by atoms with Crippen LogP contribution in [-0.2, 0) is 9.53 Å². The summed E-state index contributed by atoms with van der Waals surface area (Å²) in [7, 11) is 0. The second kappa shape index (κ2) is 9.16. The lowest BCUT2D eigenvalue weighted by Crippen LogP contribution is -2.57. The molecule has 2 fully saturated rings. The van der Waals surface area contributed by atoms with Crippen LogP contribution in [0.25, 0.3) is 0 Å². The molecule has 6 atom stereocenters. The molecule has 0 spiro atoms. The van der Waals surface area contributed by atoms with Gasteiger partial charge in [-0.2, -0.15) is 0 Å². The summed E-state index contributed by atoms with van der Waals surface area (Å²) in [6.07, 6.45) is 5.43. The van der Waals surface area contributed by atoms with E-state index in [4.69, 9.17) is 4.74 Å². The number of thioether (sulfide) groups is 1. The zero-order valence-corrected chi connectivity index (χ0v) is 21.0. The van der Waals surface area contributed by atoms with Gasteiger partial charge >= 0.3 is 5.97 Å². The number of carbonyl (C=O) groups is 1. The van der Waals surface area contributed by atoms with Gasteiger partial charge in [-0.15, -0.1) is 0 Å². The third kappa shape index (κ3) is 4.40. The number of cyclic esters (lactones) is 1. The molecule has 0 amide bonds. The fraction of sp³-hybridized carbons (Fsp3) is 0.654. The Morgan fingerprint density at radius 3 is 2.58 bits per heavy atom. The topological polar surface area (TPSA) is 92.5 Å². The first kappa shape index (κ1) is 24.4. The number of esters is 1. The van der Waals surface area contributed by atoms with Gasteiger partial charge in [0.25, 0.3) is 0 Å². The Morgan fingerprint density at radius 1 is 1.27 bits per heavy atom. The first-order chi connectivity index (χ1) is 15.6. The van der Waals surface area contributed by atoms with Gasteiger partial charge in [-0.3, -0.25) is 0 Å². The number of aryl methyl sites for hydroxylation is 2. The SMILES string of the molecule is C=C1CCC2C(C)(CO)C(O)CCC2(C)C1CC(Sc1nc(C)cc(C)n1)C1=CCOC1=O. The number of aromatic nitrogens is 2. The molecule has 0 aromatic carbocycles. The van der Waals surface area contributed by atoms with Crippen LogP contribution in [0.1, 0.15) is 57.3 Å². The van der Waals surface area contributed by atoms with Gasteiger partial charge in [0.15, 0.2) is 5.16 Å². The molecule has 2 saturated carbocycles. The van der Waals surface area contributed by atoms with Crippen LogP contribution >= 0.6 is 11.8 Å². The number of aliphatic hydroxyl groups excluding tert-OH is 2. The van der Waals surface area contributed by atoms with Gasteiger partial charge in [-0.05, 0) is 75.3 Å². The van der Waals surface area contributed by atoms with E-state index in [0.717, 1.165) is 37.1 Å². The lowest BCUT2D eigenvalue weighted by Gasteiger charge is -2.60. The number of hydrogen-bond acceptors (Lipinski definition) is 7. The van der Waals surface area contributed by atoms with Crippen molar-refractivity contribution >= 4 is 17.7 Å². The molecule has 0 bridgehead atoms. The minimum absolute atomic E-state index is 0.0281. The molecule has 3 aliphatic rings. The molecule has 33 heavy (non-hydrogen) atoms. The van der Waals surface area contributed by atoms with E-state index < -0.39 is 11.5 Å². The van der Waals surface area contributed by atoms with E-state index in [9.17, 15) is 15.0 Å². The molecule has 0 saturated heterocycles. The summed E-state index contributed by atoms with van der Waals surface area (Å²) in [5.74, 6) is 0.0773. The summed E-state index contributed by atoms with van der Waals surface area (Å²) in [6, 6.07) is 1.94. The number of aliphatic hydroxyl groups is 2. The van der Waals surface area contributed by atoms with Crippen molar-refractivity contribution in [2.45, 2.75) is 76.3 Å². The molecule has 2 N–H and O–H groups in total. The van der Waals surface area contributed by atoms with E-state index in [-0.39, 0.29) is 35.1 Å². The summed E-state index contributed by atoms with van der Waals surface area (Å²) in [4.78, 5) is 21.8. The quantitative estimate of drug-likeness (QED) is 0.278. The standard InChI is InChI=1S/C26H36N2O4S/c1-15-6-7-21-25(4,10-8-22(30)26(21,5)14-29)19(15)13-20(18-9-11-32-23(18)31)33-24-27-16(2)12-17(3)28-24/h9,12,19-22,29-30H,1,6-8,10-11,13-14H2,2-5H3. The van der Waals surface area contributed by atoms with Gasteiger partial charge < -0.3 is 14.9 Å². The van der Waals surface area contributed by atoms with Gasteiger partial charge in [-0.25, -0.2) is 14.8 Å². The first-order valence-electron chi connectivity index (χ1n) is 11.9. The highest BCUT2D eigenvalue weighted by molar-refractivity contribution is 8.00. The fourth-order valence-electron chi connectivity index (χ4n) is 6.60. The number of allylic oxidation sites excluding steroid dienone is 1. The van der Waals surface area contributed by atoms with E-state index in [2.05, 4.69) is 23.5 Å². The maximum atomic E-state index is 12.6. The number of carbonyl (C=O) groups excluding carboxylic acids is 1. The van der Waals surface area contributed by atoms with E-state index >= 15 is 0 Å². The highest BCUT2D eigenvalue weighted by Gasteiger charge is 2.58. The zero-order valence-electron chi connectivity index (χ0n) is 20.1. The van der Waals surface area contributed by atoms with Gasteiger partial charge in [0.2, 0.25) is 0 Å². The van der Waals surface area contributed by atoms with Gasteiger partial charge in [-0.1, -0.05) is 37.8 Å². The number of hydrogen-bond donors (Lipinski definition) is 2. The van der Waals surface area contributed by atoms with Gasteiger partial charge in [0.1, 0.15) is 6.61 Å². The Hall–Kier alpha value is -1.70. The average molecular weight is 473 g/mol. The van der Waals surface area contributed by atoms with Crippen molar-refractivity contribution in [1.82, 2.24) is 9.97 Å². The molecular weight excluding hydrogens is 436 g/mol. The second-order valence-electron chi connectivity index (χ2n) is 10.6. The van der Waals surface area contributed by atoms with Crippen LogP contribution in [0.4, 0.5) is 0 Å². The Morgan fingerprint density at radius 2 is 1.97 bits per heavy atom. The molecule has 6 nitrogen and oxygen atoms in total. The lowest BCUT2D eigenvalue weighted by atomic mass is 9.46. The van der Waals surface area contributed by atoms with Crippen LogP contribution in [0.15, 0.2) is 35.0 Å². The summed E-state index contributed by atoms with van der Waals surface area (Å²) in [5.41, 5.74) is 3.04. The lowest BCUT2D eigenvalue weighted by molar-refractivity contribution is -0.152. The Bertz CT molecular complexity index is 959. The van der Waals surface area contributed by atoms with Crippen molar-refractivity contribution in [3.63, 3.8) is 0 Å². The van der Waals surface area contributed by atoms with Crippen LogP contribution in [0.3, 0.4) is 0 Å². The van der Waals surface area contributed by atoms with E-state index in [1.807, 2.05) is 32.9 Å². The minimum Gasteiger partial charge on any atom is -0.458 e. The molecule has 6 unspecified atom stereocenters.